The van der Waals surface area contributed by atoms with Crippen molar-refractivity contribution >= 4 is 5.69 Å². The molecule has 0 saturated carbocycles. The lowest BCUT2D eigenvalue weighted by Gasteiger charge is -2.28. The smallest absolute Gasteiger partial charge is 0.118 e. The highest BCUT2D eigenvalue weighted by Crippen LogP contribution is 2.28. The standard InChI is InChI=1S/C18H23NO/c1-13-6-9-16(12-14(13)2)19-18(3,4)15-7-10-17(20-5)11-8-15/h6-12,19H,1-5H3. The van der Waals surface area contributed by atoms with Crippen LogP contribution in [0.25, 0.3) is 0 Å². The maximum atomic E-state index is 5.21. The summed E-state index contributed by atoms with van der Waals surface area (Å²) in [6.45, 7) is 8.64. The fourth-order valence-electron chi connectivity index (χ4n) is 2.26. The SMILES string of the molecule is COc1ccc(C(C)(C)Nc2ccc(C)c(C)c2)cc1. The van der Waals surface area contributed by atoms with Crippen LogP contribution in [0.4, 0.5) is 5.69 Å². The fourth-order valence-corrected chi connectivity index (χ4v) is 2.26. The summed E-state index contributed by atoms with van der Waals surface area (Å²) < 4.78 is 5.21. The van der Waals surface area contributed by atoms with E-state index in [2.05, 4.69) is 63.3 Å². The summed E-state index contributed by atoms with van der Waals surface area (Å²) in [5.41, 5.74) is 4.87. The lowest BCUT2D eigenvalue weighted by Crippen LogP contribution is -2.27. The minimum atomic E-state index is -0.131. The Labute approximate surface area is 121 Å². The first-order valence-corrected chi connectivity index (χ1v) is 6.92. The number of hydrogen-bond acceptors (Lipinski definition) is 2. The van der Waals surface area contributed by atoms with Gasteiger partial charge in [-0.05, 0) is 68.7 Å². The van der Waals surface area contributed by atoms with Crippen LogP contribution in [0.15, 0.2) is 42.5 Å². The number of ether oxygens (including phenoxy) is 1. The van der Waals surface area contributed by atoms with Gasteiger partial charge in [0.1, 0.15) is 5.75 Å². The van der Waals surface area contributed by atoms with Crippen LogP contribution in [0.1, 0.15) is 30.5 Å². The molecule has 2 aromatic rings. The predicted octanol–water partition coefficient (Wildman–Crippen LogP) is 4.66. The third kappa shape index (κ3) is 3.13. The Morgan fingerprint density at radius 2 is 1.55 bits per heavy atom. The summed E-state index contributed by atoms with van der Waals surface area (Å²) in [7, 11) is 1.69. The second kappa shape index (κ2) is 5.58. The van der Waals surface area contributed by atoms with E-state index in [-0.39, 0.29) is 5.54 Å². The first-order valence-electron chi connectivity index (χ1n) is 6.92. The number of benzene rings is 2. The molecule has 0 fully saturated rings. The van der Waals surface area contributed by atoms with Gasteiger partial charge >= 0.3 is 0 Å². The van der Waals surface area contributed by atoms with Gasteiger partial charge < -0.3 is 10.1 Å². The fraction of sp³-hybridized carbons (Fsp3) is 0.333. The summed E-state index contributed by atoms with van der Waals surface area (Å²) in [6, 6.07) is 14.7. The zero-order valence-electron chi connectivity index (χ0n) is 12.9. The topological polar surface area (TPSA) is 21.3 Å². The number of hydrogen-bond donors (Lipinski definition) is 1. The van der Waals surface area contributed by atoms with Crippen LogP contribution in [0, 0.1) is 13.8 Å². The minimum Gasteiger partial charge on any atom is -0.497 e. The molecule has 0 amide bonds. The molecule has 0 aliphatic carbocycles. The van der Waals surface area contributed by atoms with E-state index >= 15 is 0 Å². The molecule has 0 spiro atoms. The van der Waals surface area contributed by atoms with Crippen LogP contribution in [0.5, 0.6) is 5.75 Å². The molecule has 0 atom stereocenters. The number of methoxy groups -OCH3 is 1. The molecule has 2 nitrogen and oxygen atoms in total. The second-order valence-corrected chi connectivity index (χ2v) is 5.78. The van der Waals surface area contributed by atoms with Crippen molar-refractivity contribution in [2.75, 3.05) is 12.4 Å². The molecule has 0 heterocycles. The van der Waals surface area contributed by atoms with Gasteiger partial charge in [-0.25, -0.2) is 0 Å². The average Bonchev–Trinajstić information content (AvgIpc) is 2.43. The normalized spacial score (nSPS) is 11.2. The Balaban J connectivity index is 2.22. The zero-order chi connectivity index (χ0) is 14.8. The number of rotatable bonds is 4. The van der Waals surface area contributed by atoms with E-state index in [9.17, 15) is 0 Å². The molecule has 20 heavy (non-hydrogen) atoms. The molecule has 2 aromatic carbocycles. The van der Waals surface area contributed by atoms with Crippen LogP contribution >= 0.6 is 0 Å². The number of nitrogens with one attached hydrogen (secondary N) is 1. The zero-order valence-corrected chi connectivity index (χ0v) is 12.9. The first-order chi connectivity index (χ1) is 9.42. The molecule has 1 N–H and O–H groups in total. The van der Waals surface area contributed by atoms with E-state index in [1.165, 1.54) is 16.7 Å². The highest BCUT2D eigenvalue weighted by molar-refractivity contribution is 5.51. The quantitative estimate of drug-likeness (QED) is 0.871. The molecular formula is C18H23NO. The minimum absolute atomic E-state index is 0.131. The molecule has 0 aliphatic rings. The van der Waals surface area contributed by atoms with Crippen LogP contribution in [0.2, 0.25) is 0 Å². The molecule has 0 aromatic heterocycles. The van der Waals surface area contributed by atoms with Gasteiger partial charge in [-0.1, -0.05) is 18.2 Å². The van der Waals surface area contributed by atoms with Gasteiger partial charge in [0.25, 0.3) is 0 Å². The maximum absolute atomic E-state index is 5.21. The molecule has 0 aliphatic heterocycles. The largest absolute Gasteiger partial charge is 0.497 e. The Bertz CT molecular complexity index is 585. The van der Waals surface area contributed by atoms with E-state index < -0.39 is 0 Å². The van der Waals surface area contributed by atoms with Crippen molar-refractivity contribution in [1.82, 2.24) is 0 Å². The van der Waals surface area contributed by atoms with Gasteiger partial charge in [0.15, 0.2) is 0 Å². The highest BCUT2D eigenvalue weighted by Gasteiger charge is 2.20. The van der Waals surface area contributed by atoms with Gasteiger partial charge in [-0.2, -0.15) is 0 Å². The van der Waals surface area contributed by atoms with Crippen LogP contribution in [0.3, 0.4) is 0 Å². The summed E-state index contributed by atoms with van der Waals surface area (Å²) in [5.74, 6) is 0.885. The average molecular weight is 269 g/mol. The number of aryl methyl sites for hydroxylation is 2. The van der Waals surface area contributed by atoms with Crippen molar-refractivity contribution in [2.24, 2.45) is 0 Å². The molecule has 2 rings (SSSR count). The van der Waals surface area contributed by atoms with E-state index in [1.54, 1.807) is 7.11 Å². The lowest BCUT2D eigenvalue weighted by atomic mass is 9.93. The summed E-state index contributed by atoms with van der Waals surface area (Å²) >= 11 is 0. The van der Waals surface area contributed by atoms with Gasteiger partial charge in [-0.3, -0.25) is 0 Å². The van der Waals surface area contributed by atoms with Crippen molar-refractivity contribution in [1.29, 1.82) is 0 Å². The van der Waals surface area contributed by atoms with Crippen LogP contribution < -0.4 is 10.1 Å². The van der Waals surface area contributed by atoms with Crippen LogP contribution in [-0.4, -0.2) is 7.11 Å². The van der Waals surface area contributed by atoms with Crippen molar-refractivity contribution < 1.29 is 4.74 Å². The third-order valence-corrected chi connectivity index (χ3v) is 3.78. The molecule has 106 valence electrons. The molecule has 0 unspecified atom stereocenters. The van der Waals surface area contributed by atoms with E-state index in [0.29, 0.717) is 0 Å². The van der Waals surface area contributed by atoms with E-state index in [1.807, 2.05) is 12.1 Å². The highest BCUT2D eigenvalue weighted by atomic mass is 16.5. The monoisotopic (exact) mass is 269 g/mol. The first kappa shape index (κ1) is 14.4. The Morgan fingerprint density at radius 3 is 2.10 bits per heavy atom. The molecular weight excluding hydrogens is 246 g/mol. The van der Waals surface area contributed by atoms with Gasteiger partial charge in [-0.15, -0.1) is 0 Å². The van der Waals surface area contributed by atoms with Crippen molar-refractivity contribution in [3.63, 3.8) is 0 Å². The predicted molar refractivity (Wildman–Crippen MR) is 85.6 cm³/mol. The van der Waals surface area contributed by atoms with E-state index in [4.69, 9.17) is 4.74 Å². The molecule has 2 heteroatoms. The molecule has 0 bridgehead atoms. The van der Waals surface area contributed by atoms with Crippen LogP contribution in [-0.2, 0) is 5.54 Å². The lowest BCUT2D eigenvalue weighted by molar-refractivity contribution is 0.414. The summed E-state index contributed by atoms with van der Waals surface area (Å²) in [4.78, 5) is 0. The van der Waals surface area contributed by atoms with Gasteiger partial charge in [0.2, 0.25) is 0 Å². The molecule has 0 radical (unpaired) electrons. The van der Waals surface area contributed by atoms with Gasteiger partial charge in [0, 0.05) is 5.69 Å². The molecule has 0 saturated heterocycles. The number of anilines is 1. The van der Waals surface area contributed by atoms with Crippen molar-refractivity contribution in [2.45, 2.75) is 33.2 Å². The summed E-state index contributed by atoms with van der Waals surface area (Å²) in [5, 5.41) is 3.60. The maximum Gasteiger partial charge on any atom is 0.118 e. The van der Waals surface area contributed by atoms with E-state index in [0.717, 1.165) is 11.4 Å². The Kier molecular flexibility index (Phi) is 4.03. The summed E-state index contributed by atoms with van der Waals surface area (Å²) in [6.07, 6.45) is 0. The second-order valence-electron chi connectivity index (χ2n) is 5.78. The van der Waals surface area contributed by atoms with Gasteiger partial charge in [0.05, 0.1) is 12.6 Å². The third-order valence-electron chi connectivity index (χ3n) is 3.78. The van der Waals surface area contributed by atoms with Crippen molar-refractivity contribution in [3.05, 3.63) is 59.2 Å². The van der Waals surface area contributed by atoms with Crippen molar-refractivity contribution in [3.8, 4) is 5.75 Å². The Hall–Kier alpha value is -1.96. The Morgan fingerprint density at radius 1 is 0.900 bits per heavy atom.